The van der Waals surface area contributed by atoms with Gasteiger partial charge in [0.1, 0.15) is 0 Å². The van der Waals surface area contributed by atoms with Gasteiger partial charge in [0.15, 0.2) is 15.8 Å². The van der Waals surface area contributed by atoms with E-state index >= 15 is 0 Å². The summed E-state index contributed by atoms with van der Waals surface area (Å²) in [6, 6.07) is 0. The van der Waals surface area contributed by atoms with Gasteiger partial charge in [-0.05, 0) is 50.0 Å². The molecule has 152 valence electrons. The summed E-state index contributed by atoms with van der Waals surface area (Å²) in [5, 5.41) is 3.42. The van der Waals surface area contributed by atoms with Gasteiger partial charge in [0.2, 0.25) is 0 Å². The van der Waals surface area contributed by atoms with E-state index in [1.807, 2.05) is 11.8 Å². The molecule has 1 saturated carbocycles. The molecule has 3 rings (SSSR count). The predicted octanol–water partition coefficient (Wildman–Crippen LogP) is 3.15. The summed E-state index contributed by atoms with van der Waals surface area (Å²) in [5.41, 5.74) is 0. The average molecular weight is 516 g/mol. The van der Waals surface area contributed by atoms with Gasteiger partial charge in [-0.25, -0.2) is 8.42 Å². The Hall–Kier alpha value is 0.300. The Balaban J connectivity index is 0.00000243. The smallest absolute Gasteiger partial charge is 0.194 e. The van der Waals surface area contributed by atoms with Crippen molar-refractivity contribution in [1.29, 1.82) is 0 Å². The van der Waals surface area contributed by atoms with Crippen molar-refractivity contribution in [3.05, 3.63) is 0 Å². The van der Waals surface area contributed by atoms with Gasteiger partial charge in [-0.3, -0.25) is 4.99 Å². The van der Waals surface area contributed by atoms with E-state index in [1.54, 1.807) is 0 Å². The van der Waals surface area contributed by atoms with Gasteiger partial charge in [0, 0.05) is 26.2 Å². The topological polar surface area (TPSA) is 61.8 Å². The zero-order valence-corrected chi connectivity index (χ0v) is 19.9. The van der Waals surface area contributed by atoms with Gasteiger partial charge in [0.05, 0.1) is 10.5 Å². The summed E-state index contributed by atoms with van der Waals surface area (Å²) < 4.78 is 25.1. The molecule has 0 bridgehead atoms. The molecule has 2 aliphatic heterocycles. The third-order valence-electron chi connectivity index (χ3n) is 6.01. The summed E-state index contributed by atoms with van der Waals surface area (Å²) in [4.78, 5) is 7.14. The fourth-order valence-corrected chi connectivity index (χ4v) is 7.75. The van der Waals surface area contributed by atoms with Crippen molar-refractivity contribution in [2.45, 2.75) is 56.6 Å². The monoisotopic (exact) mass is 515 g/mol. The van der Waals surface area contributed by atoms with E-state index in [0.717, 1.165) is 44.7 Å². The van der Waals surface area contributed by atoms with E-state index in [4.69, 9.17) is 4.99 Å². The second kappa shape index (κ2) is 10.2. The SMILES string of the molecule is CCNC(=NCC1CCSCC1)N1CCS(=O)(=O)C2(CCCCC2)C1.I. The molecule has 0 aromatic heterocycles. The first-order chi connectivity index (χ1) is 12.1. The molecule has 8 heteroatoms. The van der Waals surface area contributed by atoms with Crippen LogP contribution < -0.4 is 5.32 Å². The number of guanidine groups is 1. The van der Waals surface area contributed by atoms with Gasteiger partial charge in [-0.15, -0.1) is 24.0 Å². The number of hydrogen-bond acceptors (Lipinski definition) is 4. The highest BCUT2D eigenvalue weighted by atomic mass is 127. The number of hydrogen-bond donors (Lipinski definition) is 1. The van der Waals surface area contributed by atoms with E-state index in [9.17, 15) is 8.42 Å². The summed E-state index contributed by atoms with van der Waals surface area (Å²) in [6.07, 6.45) is 7.42. The molecule has 0 amide bonds. The quantitative estimate of drug-likeness (QED) is 0.356. The number of sulfone groups is 1. The highest BCUT2D eigenvalue weighted by molar-refractivity contribution is 14.0. The molecule has 3 aliphatic rings. The molecule has 2 heterocycles. The molecule has 0 aromatic carbocycles. The van der Waals surface area contributed by atoms with Crippen molar-refractivity contribution in [2.24, 2.45) is 10.9 Å². The lowest BCUT2D eigenvalue weighted by atomic mass is 9.87. The Morgan fingerprint density at radius 2 is 1.92 bits per heavy atom. The van der Waals surface area contributed by atoms with Gasteiger partial charge in [-0.2, -0.15) is 11.8 Å². The second-order valence-electron chi connectivity index (χ2n) is 7.73. The number of rotatable bonds is 3. The van der Waals surface area contributed by atoms with Crippen LogP contribution in [-0.2, 0) is 9.84 Å². The van der Waals surface area contributed by atoms with Crippen LogP contribution in [0.1, 0.15) is 51.9 Å². The number of thioether (sulfide) groups is 1. The second-order valence-corrected chi connectivity index (χ2v) is 11.5. The summed E-state index contributed by atoms with van der Waals surface area (Å²) in [7, 11) is -2.99. The van der Waals surface area contributed by atoms with Crippen LogP contribution in [0.25, 0.3) is 0 Å². The van der Waals surface area contributed by atoms with Gasteiger partial charge >= 0.3 is 0 Å². The first-order valence-corrected chi connectivity index (χ1v) is 12.7. The number of halogens is 1. The maximum absolute atomic E-state index is 12.8. The fourth-order valence-electron chi connectivity index (χ4n) is 4.39. The third kappa shape index (κ3) is 5.21. The molecule has 2 saturated heterocycles. The first kappa shape index (κ1) is 22.6. The molecular weight excluding hydrogens is 481 g/mol. The lowest BCUT2D eigenvalue weighted by molar-refractivity contribution is 0.273. The molecule has 1 N–H and O–H groups in total. The van der Waals surface area contributed by atoms with E-state index in [0.29, 0.717) is 19.0 Å². The van der Waals surface area contributed by atoms with Crippen LogP contribution in [-0.4, -0.2) is 67.5 Å². The van der Waals surface area contributed by atoms with E-state index < -0.39 is 14.6 Å². The molecule has 5 nitrogen and oxygen atoms in total. The maximum Gasteiger partial charge on any atom is 0.194 e. The van der Waals surface area contributed by atoms with Crippen LogP contribution in [0.15, 0.2) is 4.99 Å². The predicted molar refractivity (Wildman–Crippen MR) is 123 cm³/mol. The number of aliphatic imine (C=N–C) groups is 1. The molecule has 1 spiro atoms. The van der Waals surface area contributed by atoms with Crippen molar-refractivity contribution >= 4 is 51.5 Å². The molecule has 0 radical (unpaired) electrons. The summed E-state index contributed by atoms with van der Waals surface area (Å²) in [6.45, 7) is 5.00. The molecule has 0 atom stereocenters. The Labute approximate surface area is 180 Å². The van der Waals surface area contributed by atoms with E-state index in [-0.39, 0.29) is 29.7 Å². The molecule has 26 heavy (non-hydrogen) atoms. The van der Waals surface area contributed by atoms with Crippen LogP contribution in [0, 0.1) is 5.92 Å². The zero-order chi connectivity index (χ0) is 17.8. The highest BCUT2D eigenvalue weighted by Gasteiger charge is 2.48. The maximum atomic E-state index is 12.8. The minimum Gasteiger partial charge on any atom is -0.357 e. The standard InChI is InChI=1S/C18H33N3O2S2.HI/c1-2-19-17(20-14-16-6-11-24-12-7-16)21-10-13-25(22,23)18(15-21)8-4-3-5-9-18;/h16H,2-15H2,1H3,(H,19,20);1H. The Morgan fingerprint density at radius 3 is 2.58 bits per heavy atom. The van der Waals surface area contributed by atoms with E-state index in [2.05, 4.69) is 17.1 Å². The van der Waals surface area contributed by atoms with Crippen LogP contribution in [0.4, 0.5) is 0 Å². The fraction of sp³-hybridized carbons (Fsp3) is 0.944. The Kier molecular flexibility index (Phi) is 8.85. The molecular formula is C18H34IN3O2S2. The lowest BCUT2D eigenvalue weighted by Gasteiger charge is -2.45. The Bertz CT molecular complexity index is 571. The van der Waals surface area contributed by atoms with Gasteiger partial charge in [-0.1, -0.05) is 19.3 Å². The highest BCUT2D eigenvalue weighted by Crippen LogP contribution is 2.38. The lowest BCUT2D eigenvalue weighted by Crippen LogP contribution is -2.60. The molecule has 0 unspecified atom stereocenters. The number of nitrogens with zero attached hydrogens (tertiary/aromatic N) is 2. The van der Waals surface area contributed by atoms with Crippen molar-refractivity contribution in [3.8, 4) is 0 Å². The zero-order valence-electron chi connectivity index (χ0n) is 15.9. The normalized spacial score (nSPS) is 26.3. The number of nitrogens with one attached hydrogen (secondary N) is 1. The summed E-state index contributed by atoms with van der Waals surface area (Å²) in [5.74, 6) is 4.40. The van der Waals surface area contributed by atoms with Crippen molar-refractivity contribution in [1.82, 2.24) is 10.2 Å². The van der Waals surface area contributed by atoms with Crippen LogP contribution in [0.2, 0.25) is 0 Å². The van der Waals surface area contributed by atoms with Crippen LogP contribution >= 0.6 is 35.7 Å². The largest absolute Gasteiger partial charge is 0.357 e. The van der Waals surface area contributed by atoms with Crippen LogP contribution in [0.5, 0.6) is 0 Å². The Morgan fingerprint density at radius 1 is 1.23 bits per heavy atom. The van der Waals surface area contributed by atoms with Crippen molar-refractivity contribution < 1.29 is 8.42 Å². The van der Waals surface area contributed by atoms with Crippen molar-refractivity contribution in [2.75, 3.05) is 43.4 Å². The minimum absolute atomic E-state index is 0. The van der Waals surface area contributed by atoms with Gasteiger partial charge < -0.3 is 10.2 Å². The molecule has 1 aliphatic carbocycles. The first-order valence-electron chi connectivity index (χ1n) is 9.90. The van der Waals surface area contributed by atoms with Gasteiger partial charge in [0.25, 0.3) is 0 Å². The van der Waals surface area contributed by atoms with Crippen molar-refractivity contribution in [3.63, 3.8) is 0 Å². The average Bonchev–Trinajstić information content (AvgIpc) is 2.63. The van der Waals surface area contributed by atoms with E-state index in [1.165, 1.54) is 30.8 Å². The molecule has 0 aromatic rings. The van der Waals surface area contributed by atoms with Crippen LogP contribution in [0.3, 0.4) is 0 Å². The summed E-state index contributed by atoms with van der Waals surface area (Å²) >= 11 is 2.04. The minimum atomic E-state index is -2.99. The molecule has 3 fully saturated rings. The third-order valence-corrected chi connectivity index (χ3v) is 9.63.